The summed E-state index contributed by atoms with van der Waals surface area (Å²) in [4.78, 5) is 0. The molecule has 0 spiro atoms. The molecule has 1 saturated carbocycles. The van der Waals surface area contributed by atoms with Crippen LogP contribution in [0.2, 0.25) is 0 Å². The Morgan fingerprint density at radius 2 is 1.11 bits per heavy atom. The molecular weight excluding hydrogens is 246 g/mol. The van der Waals surface area contributed by atoms with Gasteiger partial charge >= 0.3 is 0 Å². The molecule has 0 aromatic heterocycles. The molecule has 2 atom stereocenters. The molecule has 0 heterocycles. The Bertz CT molecular complexity index is 610. The second-order valence-corrected chi connectivity index (χ2v) is 5.29. The molecule has 0 bridgehead atoms. The summed E-state index contributed by atoms with van der Waals surface area (Å²) >= 11 is 0. The zero-order valence-electron chi connectivity index (χ0n) is 10.1. The van der Waals surface area contributed by atoms with Crippen LogP contribution in [0.5, 0.6) is 0 Å². The van der Waals surface area contributed by atoms with E-state index in [0.29, 0.717) is 22.3 Å². The summed E-state index contributed by atoms with van der Waals surface area (Å²) in [6, 6.07) is 14.0. The highest BCUT2D eigenvalue weighted by molar-refractivity contribution is 5.55. The summed E-state index contributed by atoms with van der Waals surface area (Å²) in [5.41, 5.74) is 2.39. The Labute approximate surface area is 109 Å². The van der Waals surface area contributed by atoms with E-state index in [9.17, 15) is 13.9 Å². The fourth-order valence-corrected chi connectivity index (χ4v) is 3.35. The first-order valence-electron chi connectivity index (χ1n) is 6.36. The van der Waals surface area contributed by atoms with Crippen LogP contribution in [-0.4, -0.2) is 11.0 Å². The van der Waals surface area contributed by atoms with Gasteiger partial charge in [-0.3, -0.25) is 0 Å². The molecule has 2 aromatic carbocycles. The van der Waals surface area contributed by atoms with Gasteiger partial charge in [0.05, 0.1) is 11.8 Å². The van der Waals surface area contributed by atoms with Crippen LogP contribution in [0.3, 0.4) is 0 Å². The topological polar surface area (TPSA) is 20.2 Å². The van der Waals surface area contributed by atoms with Gasteiger partial charge in [-0.05, 0) is 22.3 Å². The van der Waals surface area contributed by atoms with Gasteiger partial charge in [-0.25, -0.2) is 8.78 Å². The monoisotopic (exact) mass is 258 g/mol. The largest absolute Gasteiger partial charge is 0.384 e. The van der Waals surface area contributed by atoms with E-state index >= 15 is 0 Å². The zero-order chi connectivity index (χ0) is 13.2. The molecule has 0 radical (unpaired) electrons. The van der Waals surface area contributed by atoms with Gasteiger partial charge in [-0.1, -0.05) is 48.5 Å². The Morgan fingerprint density at radius 3 is 1.53 bits per heavy atom. The molecule has 0 unspecified atom stereocenters. The number of hydrogen-bond acceptors (Lipinski definition) is 1. The standard InChI is InChI=1S/C16H12F2O/c17-16(18)13-9-5-1-3-7-11(9)15(19)12-8-4-2-6-10(12)14(13)16/h1-8,13-15,19H/t13-,14-/m1/s1. The molecule has 96 valence electrons. The molecule has 2 aromatic rings. The number of fused-ring (bicyclic) bond motifs is 5. The van der Waals surface area contributed by atoms with Crippen LogP contribution >= 0.6 is 0 Å². The lowest BCUT2D eigenvalue weighted by molar-refractivity contribution is 0.103. The third-order valence-corrected chi connectivity index (χ3v) is 4.30. The van der Waals surface area contributed by atoms with Crippen LogP contribution in [0.4, 0.5) is 8.78 Å². The van der Waals surface area contributed by atoms with E-state index in [1.807, 2.05) is 0 Å². The van der Waals surface area contributed by atoms with E-state index in [2.05, 4.69) is 0 Å². The van der Waals surface area contributed by atoms with Crippen molar-refractivity contribution in [2.45, 2.75) is 23.9 Å². The second-order valence-electron chi connectivity index (χ2n) is 5.29. The van der Waals surface area contributed by atoms with Gasteiger partial charge in [0.1, 0.15) is 6.10 Å². The average Bonchev–Trinajstić information content (AvgIpc) is 3.02. The van der Waals surface area contributed by atoms with Crippen molar-refractivity contribution in [1.82, 2.24) is 0 Å². The number of hydrogen-bond donors (Lipinski definition) is 1. The number of benzene rings is 2. The van der Waals surface area contributed by atoms with Crippen LogP contribution in [-0.2, 0) is 0 Å². The summed E-state index contributed by atoms with van der Waals surface area (Å²) in [6.07, 6.45) is -0.809. The smallest absolute Gasteiger partial charge is 0.263 e. The SMILES string of the molecule is OC1c2ccccc2[C@@H]2[C@@H](c3ccccc31)C2(F)F. The first kappa shape index (κ1) is 11.1. The summed E-state index contributed by atoms with van der Waals surface area (Å²) in [6.45, 7) is 0. The van der Waals surface area contributed by atoms with E-state index in [0.717, 1.165) is 0 Å². The summed E-state index contributed by atoms with van der Waals surface area (Å²) in [7, 11) is 0. The quantitative estimate of drug-likeness (QED) is 0.765. The first-order chi connectivity index (χ1) is 9.12. The number of aliphatic hydroxyl groups excluding tert-OH is 1. The predicted octanol–water partition coefficient (Wildman–Crippen LogP) is 3.60. The van der Waals surface area contributed by atoms with Crippen LogP contribution < -0.4 is 0 Å². The normalized spacial score (nSPS) is 26.9. The molecule has 0 saturated heterocycles. The van der Waals surface area contributed by atoms with Crippen molar-refractivity contribution in [1.29, 1.82) is 0 Å². The minimum atomic E-state index is -2.70. The second kappa shape index (κ2) is 3.42. The Balaban J connectivity index is 2.02. The van der Waals surface area contributed by atoms with Gasteiger partial charge in [-0.2, -0.15) is 0 Å². The highest BCUT2D eigenvalue weighted by atomic mass is 19.3. The molecule has 0 amide bonds. The van der Waals surface area contributed by atoms with Crippen molar-refractivity contribution in [3.63, 3.8) is 0 Å². The van der Waals surface area contributed by atoms with E-state index in [1.54, 1.807) is 48.5 Å². The predicted molar refractivity (Wildman–Crippen MR) is 67.4 cm³/mol. The fraction of sp³-hybridized carbons (Fsp3) is 0.250. The minimum Gasteiger partial charge on any atom is -0.384 e. The molecule has 4 rings (SSSR count). The molecule has 19 heavy (non-hydrogen) atoms. The van der Waals surface area contributed by atoms with Gasteiger partial charge in [0.25, 0.3) is 5.92 Å². The third-order valence-electron chi connectivity index (χ3n) is 4.30. The first-order valence-corrected chi connectivity index (χ1v) is 6.36. The van der Waals surface area contributed by atoms with Crippen molar-refractivity contribution in [3.05, 3.63) is 70.8 Å². The number of alkyl halides is 2. The fourth-order valence-electron chi connectivity index (χ4n) is 3.35. The average molecular weight is 258 g/mol. The number of aliphatic hydroxyl groups is 1. The lowest BCUT2D eigenvalue weighted by atomic mass is 9.94. The Kier molecular flexibility index (Phi) is 2.00. The highest BCUT2D eigenvalue weighted by Gasteiger charge is 2.71. The summed E-state index contributed by atoms with van der Waals surface area (Å²) < 4.78 is 28.2. The van der Waals surface area contributed by atoms with Gasteiger partial charge in [0, 0.05) is 0 Å². The maximum absolute atomic E-state index is 14.1. The van der Waals surface area contributed by atoms with E-state index < -0.39 is 23.9 Å². The summed E-state index contributed by atoms with van der Waals surface area (Å²) in [5, 5.41) is 10.5. The van der Waals surface area contributed by atoms with Gasteiger partial charge < -0.3 is 5.11 Å². The van der Waals surface area contributed by atoms with Crippen LogP contribution in [0.1, 0.15) is 40.2 Å². The maximum atomic E-state index is 14.1. The molecular formula is C16H12F2O. The van der Waals surface area contributed by atoms with Gasteiger partial charge in [0.2, 0.25) is 0 Å². The molecule has 3 heteroatoms. The molecule has 2 aliphatic rings. The van der Waals surface area contributed by atoms with Gasteiger partial charge in [-0.15, -0.1) is 0 Å². The molecule has 2 aliphatic carbocycles. The van der Waals surface area contributed by atoms with Crippen molar-refractivity contribution in [2.24, 2.45) is 0 Å². The molecule has 1 nitrogen and oxygen atoms in total. The molecule has 0 aliphatic heterocycles. The van der Waals surface area contributed by atoms with Crippen molar-refractivity contribution in [2.75, 3.05) is 0 Å². The number of rotatable bonds is 0. The van der Waals surface area contributed by atoms with Crippen molar-refractivity contribution >= 4 is 0 Å². The lowest BCUT2D eigenvalue weighted by Crippen LogP contribution is -2.08. The minimum absolute atomic E-state index is 0.584. The number of halogens is 2. The van der Waals surface area contributed by atoms with Crippen LogP contribution in [0.15, 0.2) is 48.5 Å². The maximum Gasteiger partial charge on any atom is 0.263 e. The summed E-state index contributed by atoms with van der Waals surface area (Å²) in [5.74, 6) is -4.28. The molecule has 1 fully saturated rings. The Morgan fingerprint density at radius 1 is 0.737 bits per heavy atom. The van der Waals surface area contributed by atoms with Gasteiger partial charge in [0.15, 0.2) is 0 Å². The van der Waals surface area contributed by atoms with E-state index in [1.165, 1.54) is 0 Å². The third kappa shape index (κ3) is 1.31. The van der Waals surface area contributed by atoms with Crippen LogP contribution in [0.25, 0.3) is 0 Å². The molecule has 1 N–H and O–H groups in total. The zero-order valence-corrected chi connectivity index (χ0v) is 10.1. The highest BCUT2D eigenvalue weighted by Crippen LogP contribution is 2.69. The van der Waals surface area contributed by atoms with E-state index in [-0.39, 0.29) is 0 Å². The van der Waals surface area contributed by atoms with Crippen molar-refractivity contribution < 1.29 is 13.9 Å². The van der Waals surface area contributed by atoms with Crippen molar-refractivity contribution in [3.8, 4) is 0 Å². The Hall–Kier alpha value is -1.74. The van der Waals surface area contributed by atoms with Crippen LogP contribution in [0, 0.1) is 0 Å². The lowest BCUT2D eigenvalue weighted by Gasteiger charge is -2.17. The van der Waals surface area contributed by atoms with E-state index in [4.69, 9.17) is 0 Å².